The average molecular weight is 334 g/mol. The normalized spacial score (nSPS) is 11.1. The number of hydrogen-bond acceptors (Lipinski definition) is 1. The summed E-state index contributed by atoms with van der Waals surface area (Å²) in [5.74, 6) is 0. The Hall–Kier alpha value is 0.140. The quantitative estimate of drug-likeness (QED) is 0.669. The van der Waals surface area contributed by atoms with Crippen molar-refractivity contribution in [1.29, 1.82) is 0 Å². The zero-order chi connectivity index (χ0) is 10.1. The summed E-state index contributed by atoms with van der Waals surface area (Å²) in [6, 6.07) is 6.63. The summed E-state index contributed by atoms with van der Waals surface area (Å²) in [6.45, 7) is 2.20. The molecule has 1 aromatic heterocycles. The van der Waals surface area contributed by atoms with Crippen LogP contribution in [0.15, 0.2) is 22.7 Å². The molecular weight excluding hydrogens is 324 g/mol. The van der Waals surface area contributed by atoms with Crippen LogP contribution in [0.3, 0.4) is 0 Å². The van der Waals surface area contributed by atoms with E-state index in [1.54, 1.807) is 0 Å². The van der Waals surface area contributed by atoms with E-state index in [2.05, 4.69) is 57.0 Å². The number of thiophene rings is 1. The SMILES string of the molecule is CCc1c(Br)ccc2sc(CBr)cc12. The molecule has 0 saturated heterocycles. The second-order valence-electron chi connectivity index (χ2n) is 3.14. The van der Waals surface area contributed by atoms with Crippen molar-refractivity contribution in [3.63, 3.8) is 0 Å². The van der Waals surface area contributed by atoms with Gasteiger partial charge in [-0.25, -0.2) is 0 Å². The molecule has 3 heteroatoms. The maximum absolute atomic E-state index is 3.60. The van der Waals surface area contributed by atoms with Gasteiger partial charge in [-0.1, -0.05) is 38.8 Å². The highest BCUT2D eigenvalue weighted by atomic mass is 79.9. The molecule has 0 N–H and O–H groups in total. The monoisotopic (exact) mass is 332 g/mol. The third-order valence-corrected chi connectivity index (χ3v) is 5.11. The van der Waals surface area contributed by atoms with Gasteiger partial charge in [-0.3, -0.25) is 0 Å². The van der Waals surface area contributed by atoms with Crippen molar-refractivity contribution in [2.24, 2.45) is 0 Å². The molecule has 1 aromatic carbocycles. The summed E-state index contributed by atoms with van der Waals surface area (Å²) < 4.78 is 2.62. The molecule has 14 heavy (non-hydrogen) atoms. The Labute approximate surface area is 105 Å². The molecule has 1 heterocycles. The second kappa shape index (κ2) is 4.33. The van der Waals surface area contributed by atoms with Gasteiger partial charge in [0.15, 0.2) is 0 Å². The molecule has 0 saturated carbocycles. The van der Waals surface area contributed by atoms with E-state index >= 15 is 0 Å². The number of fused-ring (bicyclic) bond motifs is 1. The molecule has 2 rings (SSSR count). The van der Waals surface area contributed by atoms with Crippen molar-refractivity contribution in [3.05, 3.63) is 33.1 Å². The lowest BCUT2D eigenvalue weighted by Gasteiger charge is -2.01. The van der Waals surface area contributed by atoms with Gasteiger partial charge < -0.3 is 0 Å². The van der Waals surface area contributed by atoms with Gasteiger partial charge >= 0.3 is 0 Å². The highest BCUT2D eigenvalue weighted by Crippen LogP contribution is 2.33. The fraction of sp³-hybridized carbons (Fsp3) is 0.273. The molecule has 0 fully saturated rings. The lowest BCUT2D eigenvalue weighted by Crippen LogP contribution is -1.82. The van der Waals surface area contributed by atoms with E-state index in [0.29, 0.717) is 0 Å². The van der Waals surface area contributed by atoms with Gasteiger partial charge in [0.05, 0.1) is 0 Å². The van der Waals surface area contributed by atoms with E-state index in [-0.39, 0.29) is 0 Å². The second-order valence-corrected chi connectivity index (χ2v) is 5.72. The number of hydrogen-bond donors (Lipinski definition) is 0. The molecule has 0 unspecified atom stereocenters. The molecule has 0 aliphatic rings. The lowest BCUT2D eigenvalue weighted by molar-refractivity contribution is 1.15. The molecular formula is C11H10Br2S. The maximum Gasteiger partial charge on any atom is 0.0377 e. The van der Waals surface area contributed by atoms with Gasteiger partial charge in [-0.15, -0.1) is 11.3 Å². The Morgan fingerprint density at radius 3 is 2.79 bits per heavy atom. The minimum absolute atomic E-state index is 0.952. The number of rotatable bonds is 2. The van der Waals surface area contributed by atoms with Crippen LogP contribution in [-0.4, -0.2) is 0 Å². The molecule has 0 nitrogen and oxygen atoms in total. The Morgan fingerprint density at radius 1 is 1.36 bits per heavy atom. The first kappa shape index (κ1) is 10.7. The minimum Gasteiger partial charge on any atom is -0.139 e. The van der Waals surface area contributed by atoms with Crippen LogP contribution in [0.1, 0.15) is 17.4 Å². The number of benzene rings is 1. The van der Waals surface area contributed by atoms with Crippen LogP contribution >= 0.6 is 43.2 Å². The molecule has 0 aliphatic heterocycles. The van der Waals surface area contributed by atoms with Crippen molar-refractivity contribution in [1.82, 2.24) is 0 Å². The highest BCUT2D eigenvalue weighted by Gasteiger charge is 2.07. The molecule has 2 aromatic rings. The predicted octanol–water partition coefficient (Wildman–Crippen LogP) is 5.12. The Balaban J connectivity index is 2.73. The third kappa shape index (κ3) is 1.77. The summed E-state index contributed by atoms with van der Waals surface area (Å²) >= 11 is 8.97. The van der Waals surface area contributed by atoms with E-state index in [9.17, 15) is 0 Å². The van der Waals surface area contributed by atoms with Crippen LogP contribution < -0.4 is 0 Å². The Kier molecular flexibility index (Phi) is 3.30. The van der Waals surface area contributed by atoms with Gasteiger partial charge in [0.2, 0.25) is 0 Å². The molecule has 0 radical (unpaired) electrons. The lowest BCUT2D eigenvalue weighted by atomic mass is 10.1. The molecule has 0 amide bonds. The molecule has 0 atom stereocenters. The van der Waals surface area contributed by atoms with E-state index in [1.807, 2.05) is 11.3 Å². The van der Waals surface area contributed by atoms with Crippen LogP contribution in [0, 0.1) is 0 Å². The molecule has 0 aliphatic carbocycles. The average Bonchev–Trinajstić information content (AvgIpc) is 2.60. The van der Waals surface area contributed by atoms with Crippen molar-refractivity contribution < 1.29 is 0 Å². The fourth-order valence-electron chi connectivity index (χ4n) is 1.62. The van der Waals surface area contributed by atoms with Gasteiger partial charge in [0, 0.05) is 19.4 Å². The third-order valence-electron chi connectivity index (χ3n) is 2.29. The van der Waals surface area contributed by atoms with Crippen molar-refractivity contribution in [2.75, 3.05) is 0 Å². The minimum atomic E-state index is 0.952. The zero-order valence-corrected chi connectivity index (χ0v) is 11.8. The largest absolute Gasteiger partial charge is 0.139 e. The van der Waals surface area contributed by atoms with E-state index in [0.717, 1.165) is 11.8 Å². The highest BCUT2D eigenvalue weighted by molar-refractivity contribution is 9.10. The van der Waals surface area contributed by atoms with Crippen molar-refractivity contribution in [2.45, 2.75) is 18.7 Å². The first-order chi connectivity index (χ1) is 6.76. The smallest absolute Gasteiger partial charge is 0.0377 e. The van der Waals surface area contributed by atoms with E-state index < -0.39 is 0 Å². The van der Waals surface area contributed by atoms with Gasteiger partial charge in [-0.05, 0) is 35.6 Å². The molecule has 0 bridgehead atoms. The summed E-state index contributed by atoms with van der Waals surface area (Å²) in [5.41, 5.74) is 1.42. The van der Waals surface area contributed by atoms with Gasteiger partial charge in [-0.2, -0.15) is 0 Å². The standard InChI is InChI=1S/C11H10Br2S/c1-2-8-9-5-7(6-12)14-11(9)4-3-10(8)13/h3-5H,2,6H2,1H3. The van der Waals surface area contributed by atoms with Gasteiger partial charge in [0.1, 0.15) is 0 Å². The van der Waals surface area contributed by atoms with Crippen LogP contribution in [-0.2, 0) is 11.8 Å². The van der Waals surface area contributed by atoms with Crippen LogP contribution in [0.25, 0.3) is 10.1 Å². The van der Waals surface area contributed by atoms with Crippen LogP contribution in [0.5, 0.6) is 0 Å². The summed E-state index contributed by atoms with van der Waals surface area (Å²) in [5, 5.41) is 2.36. The van der Waals surface area contributed by atoms with Crippen LogP contribution in [0.2, 0.25) is 0 Å². The maximum atomic E-state index is 3.60. The predicted molar refractivity (Wildman–Crippen MR) is 71.5 cm³/mol. The fourth-order valence-corrected chi connectivity index (χ4v) is 3.69. The van der Waals surface area contributed by atoms with Crippen molar-refractivity contribution >= 4 is 53.3 Å². The van der Waals surface area contributed by atoms with Crippen molar-refractivity contribution in [3.8, 4) is 0 Å². The number of halogens is 2. The van der Waals surface area contributed by atoms with E-state index in [1.165, 1.54) is 25.0 Å². The van der Waals surface area contributed by atoms with E-state index in [4.69, 9.17) is 0 Å². The summed E-state index contributed by atoms with van der Waals surface area (Å²) in [4.78, 5) is 1.40. The van der Waals surface area contributed by atoms with Crippen LogP contribution in [0.4, 0.5) is 0 Å². The topological polar surface area (TPSA) is 0 Å². The Bertz CT molecular complexity index is 460. The molecule has 0 spiro atoms. The first-order valence-corrected chi connectivity index (χ1v) is 7.25. The molecule has 74 valence electrons. The zero-order valence-electron chi connectivity index (χ0n) is 7.81. The number of alkyl halides is 1. The van der Waals surface area contributed by atoms with Gasteiger partial charge in [0.25, 0.3) is 0 Å². The first-order valence-electron chi connectivity index (χ1n) is 4.52. The summed E-state index contributed by atoms with van der Waals surface area (Å²) in [7, 11) is 0. The summed E-state index contributed by atoms with van der Waals surface area (Å²) in [6.07, 6.45) is 1.08. The number of aryl methyl sites for hydroxylation is 1. The Morgan fingerprint density at radius 2 is 2.14 bits per heavy atom.